The number of nitrogens with zero attached hydrogens (tertiary/aromatic N) is 1. The van der Waals surface area contributed by atoms with Gasteiger partial charge in [0.2, 0.25) is 0 Å². The van der Waals surface area contributed by atoms with Crippen LogP contribution < -0.4 is 0 Å². The quantitative estimate of drug-likeness (QED) is 0.769. The Bertz CT molecular complexity index is 427. The monoisotopic (exact) mass is 253 g/mol. The topological polar surface area (TPSA) is 20.3 Å². The zero-order valence-corrected chi connectivity index (χ0v) is 10.5. The van der Waals surface area contributed by atoms with E-state index in [9.17, 15) is 13.6 Å². The van der Waals surface area contributed by atoms with Crippen LogP contribution in [0.3, 0.4) is 0 Å². The number of hydrogen-bond donors (Lipinski definition) is 0. The van der Waals surface area contributed by atoms with Crippen LogP contribution in [0.2, 0.25) is 0 Å². The van der Waals surface area contributed by atoms with E-state index < -0.39 is 23.0 Å². The Morgan fingerprint density at radius 1 is 1.39 bits per heavy atom. The highest BCUT2D eigenvalue weighted by Gasteiger charge is 2.27. The molecule has 1 fully saturated rings. The summed E-state index contributed by atoms with van der Waals surface area (Å²) in [5, 5.41) is 0. The molecule has 0 aliphatic carbocycles. The molecule has 1 aromatic carbocycles. The first kappa shape index (κ1) is 13.1. The van der Waals surface area contributed by atoms with Gasteiger partial charge in [-0.25, -0.2) is 8.78 Å². The van der Waals surface area contributed by atoms with E-state index in [4.69, 9.17) is 0 Å². The Hall–Kier alpha value is -1.29. The number of carbonyl (C=O) groups excluding carboxylic acids is 1. The summed E-state index contributed by atoms with van der Waals surface area (Å²) < 4.78 is 26.9. The SMILES string of the molecule is CCC1CCCN1CC(=O)c1c(F)cccc1F. The minimum Gasteiger partial charge on any atom is -0.293 e. The number of ketones is 1. The minimum absolute atomic E-state index is 0.107. The predicted octanol–water partition coefficient (Wildman–Crippen LogP) is 3.02. The second-order valence-electron chi connectivity index (χ2n) is 4.69. The Balaban J connectivity index is 2.12. The summed E-state index contributed by atoms with van der Waals surface area (Å²) in [6.07, 6.45) is 3.07. The van der Waals surface area contributed by atoms with E-state index in [-0.39, 0.29) is 6.54 Å². The fourth-order valence-corrected chi connectivity index (χ4v) is 2.59. The van der Waals surface area contributed by atoms with E-state index in [1.165, 1.54) is 6.07 Å². The summed E-state index contributed by atoms with van der Waals surface area (Å²) in [7, 11) is 0. The molecule has 0 radical (unpaired) electrons. The van der Waals surface area contributed by atoms with E-state index in [2.05, 4.69) is 6.92 Å². The van der Waals surface area contributed by atoms with Crippen molar-refractivity contribution >= 4 is 5.78 Å². The summed E-state index contributed by atoms with van der Waals surface area (Å²) in [6.45, 7) is 3.01. The van der Waals surface area contributed by atoms with Crippen molar-refractivity contribution < 1.29 is 13.6 Å². The van der Waals surface area contributed by atoms with Crippen LogP contribution in [-0.4, -0.2) is 29.8 Å². The van der Waals surface area contributed by atoms with Gasteiger partial charge in [-0.3, -0.25) is 9.69 Å². The molecule has 18 heavy (non-hydrogen) atoms. The van der Waals surface area contributed by atoms with Crippen molar-refractivity contribution in [2.75, 3.05) is 13.1 Å². The predicted molar refractivity (Wildman–Crippen MR) is 65.6 cm³/mol. The molecule has 0 spiro atoms. The van der Waals surface area contributed by atoms with Crippen LogP contribution in [0.5, 0.6) is 0 Å². The van der Waals surface area contributed by atoms with Crippen LogP contribution in [0.15, 0.2) is 18.2 Å². The van der Waals surface area contributed by atoms with E-state index in [1.54, 1.807) is 0 Å². The molecule has 1 aliphatic rings. The molecule has 1 saturated heterocycles. The Labute approximate surface area is 106 Å². The zero-order chi connectivity index (χ0) is 13.1. The van der Waals surface area contributed by atoms with Gasteiger partial charge in [-0.05, 0) is 37.9 Å². The molecule has 1 atom stereocenters. The van der Waals surface area contributed by atoms with E-state index in [0.29, 0.717) is 6.04 Å². The molecular weight excluding hydrogens is 236 g/mol. The van der Waals surface area contributed by atoms with Crippen LogP contribution in [0, 0.1) is 11.6 Å². The van der Waals surface area contributed by atoms with Gasteiger partial charge in [0.25, 0.3) is 0 Å². The van der Waals surface area contributed by atoms with Crippen molar-refractivity contribution in [1.29, 1.82) is 0 Å². The van der Waals surface area contributed by atoms with Crippen LogP contribution in [0.25, 0.3) is 0 Å². The molecule has 0 N–H and O–H groups in total. The fourth-order valence-electron chi connectivity index (χ4n) is 2.59. The fraction of sp³-hybridized carbons (Fsp3) is 0.500. The number of halogens is 2. The maximum Gasteiger partial charge on any atom is 0.182 e. The summed E-state index contributed by atoms with van der Waals surface area (Å²) in [5.74, 6) is -2.01. The summed E-state index contributed by atoms with van der Waals surface area (Å²) >= 11 is 0. The number of hydrogen-bond acceptors (Lipinski definition) is 2. The molecule has 0 aromatic heterocycles. The number of benzene rings is 1. The van der Waals surface area contributed by atoms with Gasteiger partial charge in [0.1, 0.15) is 11.6 Å². The van der Waals surface area contributed by atoms with Gasteiger partial charge in [0.15, 0.2) is 5.78 Å². The summed E-state index contributed by atoms with van der Waals surface area (Å²) in [4.78, 5) is 14.0. The van der Waals surface area contributed by atoms with E-state index in [0.717, 1.165) is 37.9 Å². The lowest BCUT2D eigenvalue weighted by Gasteiger charge is -2.22. The van der Waals surface area contributed by atoms with Gasteiger partial charge in [-0.1, -0.05) is 13.0 Å². The highest BCUT2D eigenvalue weighted by molar-refractivity contribution is 5.98. The standard InChI is InChI=1S/C14H17F2NO/c1-2-10-5-4-8-17(10)9-13(18)14-11(15)6-3-7-12(14)16/h3,6-7,10H,2,4-5,8-9H2,1H3. The minimum atomic E-state index is -0.771. The van der Waals surface area contributed by atoms with Gasteiger partial charge < -0.3 is 0 Å². The molecule has 1 aromatic rings. The maximum atomic E-state index is 13.5. The molecular formula is C14H17F2NO. The van der Waals surface area contributed by atoms with Gasteiger partial charge in [0.05, 0.1) is 12.1 Å². The largest absolute Gasteiger partial charge is 0.293 e. The van der Waals surface area contributed by atoms with Crippen molar-refractivity contribution in [3.05, 3.63) is 35.4 Å². The van der Waals surface area contributed by atoms with Gasteiger partial charge in [-0.15, -0.1) is 0 Å². The average molecular weight is 253 g/mol. The molecule has 1 unspecified atom stereocenters. The second-order valence-corrected chi connectivity index (χ2v) is 4.69. The van der Waals surface area contributed by atoms with Crippen LogP contribution in [0.4, 0.5) is 8.78 Å². The zero-order valence-electron chi connectivity index (χ0n) is 10.5. The Morgan fingerprint density at radius 3 is 2.67 bits per heavy atom. The Morgan fingerprint density at radius 2 is 2.06 bits per heavy atom. The van der Waals surface area contributed by atoms with Gasteiger partial charge in [0, 0.05) is 6.04 Å². The van der Waals surface area contributed by atoms with Crippen molar-refractivity contribution in [3.63, 3.8) is 0 Å². The first-order valence-electron chi connectivity index (χ1n) is 6.34. The normalized spacial score (nSPS) is 20.3. The first-order valence-corrected chi connectivity index (χ1v) is 6.34. The Kier molecular flexibility index (Phi) is 4.07. The van der Waals surface area contributed by atoms with Crippen molar-refractivity contribution in [2.24, 2.45) is 0 Å². The van der Waals surface area contributed by atoms with Gasteiger partial charge in [-0.2, -0.15) is 0 Å². The van der Waals surface area contributed by atoms with Crippen molar-refractivity contribution in [1.82, 2.24) is 4.90 Å². The molecule has 2 rings (SSSR count). The molecule has 98 valence electrons. The first-order chi connectivity index (χ1) is 8.63. The number of carbonyl (C=O) groups is 1. The highest BCUT2D eigenvalue weighted by atomic mass is 19.1. The molecule has 0 saturated carbocycles. The van der Waals surface area contributed by atoms with Crippen LogP contribution >= 0.6 is 0 Å². The number of Topliss-reactive ketones (excluding diaryl/α,β-unsaturated/α-hetero) is 1. The second kappa shape index (κ2) is 5.57. The van der Waals surface area contributed by atoms with Crippen molar-refractivity contribution in [3.8, 4) is 0 Å². The van der Waals surface area contributed by atoms with Crippen LogP contribution in [0.1, 0.15) is 36.5 Å². The van der Waals surface area contributed by atoms with E-state index in [1.807, 2.05) is 4.90 Å². The molecule has 1 aliphatic heterocycles. The lowest BCUT2D eigenvalue weighted by Crippen LogP contribution is -2.34. The third kappa shape index (κ3) is 2.58. The third-order valence-electron chi connectivity index (χ3n) is 3.56. The average Bonchev–Trinajstić information content (AvgIpc) is 2.76. The van der Waals surface area contributed by atoms with Crippen molar-refractivity contribution in [2.45, 2.75) is 32.2 Å². The highest BCUT2D eigenvalue weighted by Crippen LogP contribution is 2.21. The lowest BCUT2D eigenvalue weighted by molar-refractivity contribution is 0.0912. The lowest BCUT2D eigenvalue weighted by atomic mass is 10.1. The molecule has 0 bridgehead atoms. The molecule has 4 heteroatoms. The number of likely N-dealkylation sites (tertiary alicyclic amines) is 1. The summed E-state index contributed by atoms with van der Waals surface area (Å²) in [5.41, 5.74) is -0.403. The smallest absolute Gasteiger partial charge is 0.182 e. The summed E-state index contributed by atoms with van der Waals surface area (Å²) in [6, 6.07) is 3.88. The molecule has 1 heterocycles. The molecule has 2 nitrogen and oxygen atoms in total. The van der Waals surface area contributed by atoms with Crippen LogP contribution in [-0.2, 0) is 0 Å². The third-order valence-corrected chi connectivity index (χ3v) is 3.56. The van der Waals surface area contributed by atoms with E-state index >= 15 is 0 Å². The number of rotatable bonds is 4. The maximum absolute atomic E-state index is 13.5. The molecule has 0 amide bonds. The van der Waals surface area contributed by atoms with Gasteiger partial charge >= 0.3 is 0 Å².